The molecule has 0 unspecified atom stereocenters. The van der Waals surface area contributed by atoms with Crippen molar-refractivity contribution >= 4 is 17.8 Å². The Hall–Kier alpha value is -1.59. The van der Waals surface area contributed by atoms with Gasteiger partial charge in [0.25, 0.3) is 0 Å². The van der Waals surface area contributed by atoms with Crippen LogP contribution >= 0.6 is 0 Å². The van der Waals surface area contributed by atoms with Gasteiger partial charge >= 0.3 is 11.9 Å². The van der Waals surface area contributed by atoms with Crippen LogP contribution in [0.5, 0.6) is 0 Å². The van der Waals surface area contributed by atoms with Crippen molar-refractivity contribution in [2.45, 2.75) is 58.9 Å². The van der Waals surface area contributed by atoms with Crippen molar-refractivity contribution in [3.8, 4) is 0 Å². The van der Waals surface area contributed by atoms with Gasteiger partial charge in [-0.3, -0.25) is 9.59 Å². The molecule has 2 rings (SSSR count). The van der Waals surface area contributed by atoms with Crippen molar-refractivity contribution in [1.82, 2.24) is 4.90 Å². The van der Waals surface area contributed by atoms with Crippen molar-refractivity contribution in [3.63, 3.8) is 0 Å². The van der Waals surface area contributed by atoms with Gasteiger partial charge in [-0.1, -0.05) is 14.4 Å². The Morgan fingerprint density at radius 3 is 2.33 bits per heavy atom. The molecule has 1 aliphatic heterocycles. The summed E-state index contributed by atoms with van der Waals surface area (Å²) in [6.07, 6.45) is 3.41. The van der Waals surface area contributed by atoms with Crippen molar-refractivity contribution in [1.29, 1.82) is 0 Å². The maximum atomic E-state index is 12.4. The summed E-state index contributed by atoms with van der Waals surface area (Å²) in [5, 5.41) is 17.8. The summed E-state index contributed by atoms with van der Waals surface area (Å²) in [4.78, 5) is 35.5. The second kappa shape index (κ2) is 6.45. The van der Waals surface area contributed by atoms with Gasteiger partial charge in [-0.15, -0.1) is 0 Å². The molecule has 1 atom stereocenters. The molecule has 2 fully saturated rings. The Balaban J connectivity index is 0.00000220. The summed E-state index contributed by atoms with van der Waals surface area (Å²) in [5.74, 6) is -1.61. The van der Waals surface area contributed by atoms with Crippen molar-refractivity contribution in [2.24, 2.45) is 11.3 Å². The average molecular weight is 299 g/mol. The fourth-order valence-corrected chi connectivity index (χ4v) is 3.29. The van der Waals surface area contributed by atoms with Gasteiger partial charge in [-0.25, -0.2) is 4.79 Å². The summed E-state index contributed by atoms with van der Waals surface area (Å²) in [6, 6.07) is -0.997. The van der Waals surface area contributed by atoms with E-state index in [-0.39, 0.29) is 31.6 Å². The molecule has 1 saturated carbocycles. The van der Waals surface area contributed by atoms with Crippen LogP contribution in [0.2, 0.25) is 0 Å². The first-order valence-corrected chi connectivity index (χ1v) is 7.11. The summed E-state index contributed by atoms with van der Waals surface area (Å²) >= 11 is 0. The highest BCUT2D eigenvalue weighted by Crippen LogP contribution is 2.47. The highest BCUT2D eigenvalue weighted by atomic mass is 16.4. The zero-order chi connectivity index (χ0) is 14.9. The molecule has 2 aliphatic rings. The molecule has 6 nitrogen and oxygen atoms in total. The van der Waals surface area contributed by atoms with Gasteiger partial charge in [0, 0.05) is 13.0 Å². The van der Waals surface area contributed by atoms with Crippen LogP contribution in [0.4, 0.5) is 0 Å². The van der Waals surface area contributed by atoms with Gasteiger partial charge in [-0.05, 0) is 38.0 Å². The highest BCUT2D eigenvalue weighted by Gasteiger charge is 2.55. The fourth-order valence-electron chi connectivity index (χ4n) is 3.29. The van der Waals surface area contributed by atoms with Crippen molar-refractivity contribution in [2.75, 3.05) is 6.54 Å². The number of nitrogens with zero attached hydrogens (tertiary/aromatic N) is 1. The highest BCUT2D eigenvalue weighted by molar-refractivity contribution is 5.93. The lowest BCUT2D eigenvalue weighted by Gasteiger charge is -2.53. The molecule has 0 radical (unpaired) electrons. The third-order valence-electron chi connectivity index (χ3n) is 4.71. The van der Waals surface area contributed by atoms with Crippen LogP contribution in [0.15, 0.2) is 0 Å². The lowest BCUT2D eigenvalue weighted by atomic mass is 9.65. The zero-order valence-corrected chi connectivity index (χ0v) is 11.7. The van der Waals surface area contributed by atoms with E-state index in [1.807, 2.05) is 0 Å². The summed E-state index contributed by atoms with van der Waals surface area (Å²) in [7, 11) is 0. The number of rotatable bonds is 5. The number of β-lactam (4-membered cyclic amide) rings is 1. The minimum Gasteiger partial charge on any atom is -0.481 e. The summed E-state index contributed by atoms with van der Waals surface area (Å²) in [5.41, 5.74) is -0.358. The molecular weight excluding hydrogens is 274 g/mol. The Morgan fingerprint density at radius 2 is 1.90 bits per heavy atom. The van der Waals surface area contributed by atoms with Crippen LogP contribution in [0.3, 0.4) is 0 Å². The first-order chi connectivity index (χ1) is 9.35. The monoisotopic (exact) mass is 299 g/mol. The Morgan fingerprint density at radius 1 is 1.33 bits per heavy atom. The molecule has 21 heavy (non-hydrogen) atoms. The minimum atomic E-state index is -1.11. The number of amides is 1. The molecule has 6 heteroatoms. The zero-order valence-electron chi connectivity index (χ0n) is 11.7. The fraction of sp³-hybridized carbons (Fsp3) is 0.800. The lowest BCUT2D eigenvalue weighted by Crippen LogP contribution is -2.66. The average Bonchev–Trinajstić information content (AvgIpc) is 2.39. The van der Waals surface area contributed by atoms with Crippen LogP contribution in [-0.2, 0) is 14.4 Å². The lowest BCUT2D eigenvalue weighted by molar-refractivity contribution is -0.176. The normalized spacial score (nSPS) is 29.5. The van der Waals surface area contributed by atoms with Crippen molar-refractivity contribution < 1.29 is 24.6 Å². The Kier molecular flexibility index (Phi) is 5.36. The predicted octanol–water partition coefficient (Wildman–Crippen LogP) is 1.98. The first kappa shape index (κ1) is 17.5. The number of hydrogen-bond acceptors (Lipinski definition) is 3. The van der Waals surface area contributed by atoms with E-state index in [0.29, 0.717) is 12.5 Å². The van der Waals surface area contributed by atoms with Gasteiger partial charge in [0.15, 0.2) is 0 Å². The van der Waals surface area contributed by atoms with E-state index in [1.54, 1.807) is 0 Å². The number of carbonyl (C=O) groups excluding carboxylic acids is 1. The van der Waals surface area contributed by atoms with Gasteiger partial charge < -0.3 is 15.1 Å². The third-order valence-corrected chi connectivity index (χ3v) is 4.71. The Labute approximate surface area is 125 Å². The molecule has 120 valence electrons. The molecule has 1 aliphatic carbocycles. The molecule has 0 aromatic rings. The van der Waals surface area contributed by atoms with Gasteiger partial charge in [0.2, 0.25) is 5.91 Å². The largest absolute Gasteiger partial charge is 0.481 e. The van der Waals surface area contributed by atoms with Crippen molar-refractivity contribution in [3.05, 3.63) is 0 Å². The molecule has 1 heterocycles. The molecule has 0 aromatic heterocycles. The number of hydrogen-bond donors (Lipinski definition) is 2. The number of carbonyl (C=O) groups is 3. The molecule has 1 amide bonds. The van der Waals surface area contributed by atoms with Crippen LogP contribution in [-0.4, -0.2) is 45.5 Å². The molecule has 1 saturated heterocycles. The minimum absolute atomic E-state index is 0. The SMILES string of the molecule is C.CC1CCC2(CC1)CN([C@@H](CCC(=O)O)C(=O)O)C2=O. The first-order valence-electron chi connectivity index (χ1n) is 7.11. The number of carboxylic acid groups (broad SMARTS) is 2. The van der Waals surface area contributed by atoms with E-state index < -0.39 is 18.0 Å². The quantitative estimate of drug-likeness (QED) is 0.757. The Bertz CT molecular complexity index is 426. The molecular formula is C15H25NO5. The van der Waals surface area contributed by atoms with Crippen LogP contribution < -0.4 is 0 Å². The van der Waals surface area contributed by atoms with Gasteiger partial charge in [-0.2, -0.15) is 0 Å². The van der Waals surface area contributed by atoms with Crippen LogP contribution in [0.1, 0.15) is 52.9 Å². The van der Waals surface area contributed by atoms with E-state index in [4.69, 9.17) is 5.11 Å². The van der Waals surface area contributed by atoms with E-state index in [9.17, 15) is 19.5 Å². The van der Waals surface area contributed by atoms with E-state index >= 15 is 0 Å². The van der Waals surface area contributed by atoms with E-state index in [2.05, 4.69) is 6.92 Å². The molecule has 0 bridgehead atoms. The van der Waals surface area contributed by atoms with Crippen LogP contribution in [0.25, 0.3) is 0 Å². The topological polar surface area (TPSA) is 94.9 Å². The van der Waals surface area contributed by atoms with Gasteiger partial charge in [0.1, 0.15) is 6.04 Å². The molecule has 1 spiro atoms. The smallest absolute Gasteiger partial charge is 0.326 e. The number of likely N-dealkylation sites (tertiary alicyclic amines) is 1. The third kappa shape index (κ3) is 3.36. The summed E-state index contributed by atoms with van der Waals surface area (Å²) < 4.78 is 0. The number of carboxylic acids is 2. The maximum Gasteiger partial charge on any atom is 0.326 e. The predicted molar refractivity (Wildman–Crippen MR) is 76.8 cm³/mol. The van der Waals surface area contributed by atoms with Crippen LogP contribution in [0, 0.1) is 11.3 Å². The van der Waals surface area contributed by atoms with E-state index in [1.165, 1.54) is 4.90 Å². The summed E-state index contributed by atoms with van der Waals surface area (Å²) in [6.45, 7) is 2.63. The second-order valence-electron chi connectivity index (χ2n) is 6.18. The molecule has 0 aromatic carbocycles. The van der Waals surface area contributed by atoms with E-state index in [0.717, 1.165) is 25.7 Å². The maximum absolute atomic E-state index is 12.4. The number of aliphatic carboxylic acids is 2. The standard InChI is InChI=1S/C14H21NO5.CH4/c1-9-4-6-14(7-5-9)8-15(13(14)20)10(12(18)19)2-3-11(16)17;/h9-10H,2-8H2,1H3,(H,16,17)(H,18,19);1H4/t9?,10-,14?;/m0./s1. The second-order valence-corrected chi connectivity index (χ2v) is 6.18. The molecule has 2 N–H and O–H groups in total. The van der Waals surface area contributed by atoms with Gasteiger partial charge in [0.05, 0.1) is 5.41 Å².